The first-order chi connectivity index (χ1) is 7.66. The number of anilines is 2. The van der Waals surface area contributed by atoms with Crippen molar-refractivity contribution in [2.24, 2.45) is 0 Å². The second-order valence-electron chi connectivity index (χ2n) is 2.98. The molecule has 0 aromatic carbocycles. The van der Waals surface area contributed by atoms with Gasteiger partial charge in [0.1, 0.15) is 11.4 Å². The molecule has 2 aromatic heterocycles. The summed E-state index contributed by atoms with van der Waals surface area (Å²) in [5.41, 5.74) is 0.954. The SMILES string of the molecule is Cc1nonc1NC(=O)Nc1nonc1C. The first-order valence-corrected chi connectivity index (χ1v) is 4.33. The molecule has 2 N–H and O–H groups in total. The minimum atomic E-state index is -0.530. The number of carbonyl (C=O) groups is 1. The molecule has 0 saturated heterocycles. The van der Waals surface area contributed by atoms with Gasteiger partial charge in [-0.15, -0.1) is 0 Å². The Hall–Kier alpha value is -2.45. The molecule has 0 saturated carbocycles. The monoisotopic (exact) mass is 224 g/mol. The average molecular weight is 224 g/mol. The molecule has 0 radical (unpaired) electrons. The molecule has 84 valence electrons. The molecule has 9 heteroatoms. The van der Waals surface area contributed by atoms with Crippen LogP contribution >= 0.6 is 0 Å². The Bertz CT molecular complexity index is 459. The summed E-state index contributed by atoms with van der Waals surface area (Å²) >= 11 is 0. The van der Waals surface area contributed by atoms with E-state index in [1.165, 1.54) is 0 Å². The number of rotatable bonds is 2. The van der Waals surface area contributed by atoms with E-state index in [-0.39, 0.29) is 11.6 Å². The van der Waals surface area contributed by atoms with Crippen LogP contribution in [0.4, 0.5) is 16.4 Å². The molecule has 0 aliphatic rings. The lowest BCUT2D eigenvalue weighted by Gasteiger charge is -2.01. The van der Waals surface area contributed by atoms with E-state index in [9.17, 15) is 4.79 Å². The summed E-state index contributed by atoms with van der Waals surface area (Å²) in [6, 6.07) is -0.530. The first-order valence-electron chi connectivity index (χ1n) is 4.33. The van der Waals surface area contributed by atoms with E-state index in [0.29, 0.717) is 11.4 Å². The molecule has 2 amide bonds. The Balaban J connectivity index is 2.00. The molecule has 0 bridgehead atoms. The smallest absolute Gasteiger partial charge is 0.288 e. The van der Waals surface area contributed by atoms with Crippen molar-refractivity contribution < 1.29 is 14.1 Å². The second-order valence-corrected chi connectivity index (χ2v) is 2.98. The standard InChI is InChI=1S/C7H8N6O3/c1-3-5(12-15-10-3)8-7(14)9-6-4(2)11-16-13-6/h1-2H3,(H2,8,9,12,13,14). The molecule has 0 aliphatic heterocycles. The zero-order valence-corrected chi connectivity index (χ0v) is 8.51. The van der Waals surface area contributed by atoms with Gasteiger partial charge in [0.2, 0.25) is 11.6 Å². The molecule has 0 aliphatic carbocycles. The first kappa shape index (κ1) is 10.1. The summed E-state index contributed by atoms with van der Waals surface area (Å²) in [7, 11) is 0. The third-order valence-corrected chi connectivity index (χ3v) is 1.77. The van der Waals surface area contributed by atoms with Crippen LogP contribution in [0.5, 0.6) is 0 Å². The fraction of sp³-hybridized carbons (Fsp3) is 0.286. The van der Waals surface area contributed by atoms with Crippen molar-refractivity contribution in [2.75, 3.05) is 10.6 Å². The number of urea groups is 1. The molecule has 0 unspecified atom stereocenters. The van der Waals surface area contributed by atoms with Crippen LogP contribution in [0.1, 0.15) is 11.4 Å². The van der Waals surface area contributed by atoms with Crippen LogP contribution in [0.25, 0.3) is 0 Å². The Labute approximate surface area is 89.1 Å². The van der Waals surface area contributed by atoms with Gasteiger partial charge < -0.3 is 0 Å². The fourth-order valence-corrected chi connectivity index (χ4v) is 0.936. The summed E-state index contributed by atoms with van der Waals surface area (Å²) in [5.74, 6) is 0.484. The summed E-state index contributed by atoms with van der Waals surface area (Å²) in [6.07, 6.45) is 0. The number of hydrogen-bond donors (Lipinski definition) is 2. The van der Waals surface area contributed by atoms with Crippen molar-refractivity contribution in [3.8, 4) is 0 Å². The predicted molar refractivity (Wildman–Crippen MR) is 50.7 cm³/mol. The van der Waals surface area contributed by atoms with Gasteiger partial charge in [-0.3, -0.25) is 10.6 Å². The van der Waals surface area contributed by atoms with E-state index in [2.05, 4.69) is 40.5 Å². The average Bonchev–Trinajstić information content (AvgIpc) is 2.79. The van der Waals surface area contributed by atoms with E-state index in [0.717, 1.165) is 0 Å². The molecule has 0 atom stereocenters. The molecule has 9 nitrogen and oxygen atoms in total. The van der Waals surface area contributed by atoms with Gasteiger partial charge >= 0.3 is 6.03 Å². The highest BCUT2D eigenvalue weighted by molar-refractivity contribution is 5.98. The van der Waals surface area contributed by atoms with Gasteiger partial charge in [0.15, 0.2) is 0 Å². The molecular formula is C7H8N6O3. The number of aromatic nitrogens is 4. The molecule has 2 rings (SSSR count). The number of aryl methyl sites for hydroxylation is 2. The van der Waals surface area contributed by atoms with Gasteiger partial charge in [0, 0.05) is 0 Å². The van der Waals surface area contributed by atoms with Gasteiger partial charge in [-0.2, -0.15) is 0 Å². The minimum Gasteiger partial charge on any atom is -0.288 e. The molecule has 2 aromatic rings. The van der Waals surface area contributed by atoms with Crippen molar-refractivity contribution in [1.29, 1.82) is 0 Å². The minimum absolute atomic E-state index is 0.242. The van der Waals surface area contributed by atoms with Crippen LogP contribution in [0.15, 0.2) is 9.26 Å². The zero-order valence-electron chi connectivity index (χ0n) is 8.51. The van der Waals surface area contributed by atoms with Crippen LogP contribution in [-0.4, -0.2) is 26.7 Å². The highest BCUT2D eigenvalue weighted by Crippen LogP contribution is 2.10. The van der Waals surface area contributed by atoms with Gasteiger partial charge in [0.05, 0.1) is 0 Å². The van der Waals surface area contributed by atoms with E-state index >= 15 is 0 Å². The number of carbonyl (C=O) groups excluding carboxylic acids is 1. The van der Waals surface area contributed by atoms with Crippen LogP contribution in [0, 0.1) is 13.8 Å². The van der Waals surface area contributed by atoms with Gasteiger partial charge in [-0.1, -0.05) is 10.3 Å². The van der Waals surface area contributed by atoms with Crippen molar-refractivity contribution in [1.82, 2.24) is 20.6 Å². The maximum absolute atomic E-state index is 11.4. The summed E-state index contributed by atoms with van der Waals surface area (Å²) in [5, 5.41) is 18.9. The normalized spacial score (nSPS) is 10.1. The van der Waals surface area contributed by atoms with E-state index in [1.807, 2.05) is 0 Å². The van der Waals surface area contributed by atoms with Crippen molar-refractivity contribution in [3.05, 3.63) is 11.4 Å². The Morgan fingerprint density at radius 1 is 0.938 bits per heavy atom. The van der Waals surface area contributed by atoms with E-state index in [1.54, 1.807) is 13.8 Å². The lowest BCUT2D eigenvalue weighted by molar-refractivity contribution is 0.261. The zero-order chi connectivity index (χ0) is 11.5. The maximum Gasteiger partial charge on any atom is 0.326 e. The quantitative estimate of drug-likeness (QED) is 0.770. The molecule has 2 heterocycles. The fourth-order valence-electron chi connectivity index (χ4n) is 0.936. The van der Waals surface area contributed by atoms with E-state index in [4.69, 9.17) is 0 Å². The number of nitrogens with zero attached hydrogens (tertiary/aromatic N) is 4. The topological polar surface area (TPSA) is 119 Å². The maximum atomic E-state index is 11.4. The van der Waals surface area contributed by atoms with Crippen LogP contribution in [0.2, 0.25) is 0 Å². The summed E-state index contributed by atoms with van der Waals surface area (Å²) in [6.45, 7) is 3.30. The highest BCUT2D eigenvalue weighted by atomic mass is 16.6. The van der Waals surface area contributed by atoms with Gasteiger partial charge in [0.25, 0.3) is 0 Å². The van der Waals surface area contributed by atoms with E-state index < -0.39 is 6.03 Å². The third-order valence-electron chi connectivity index (χ3n) is 1.77. The van der Waals surface area contributed by atoms with Crippen molar-refractivity contribution in [3.63, 3.8) is 0 Å². The number of hydrogen-bond acceptors (Lipinski definition) is 7. The Kier molecular flexibility index (Phi) is 2.50. The largest absolute Gasteiger partial charge is 0.326 e. The Morgan fingerprint density at radius 3 is 1.69 bits per heavy atom. The molecular weight excluding hydrogens is 216 g/mol. The van der Waals surface area contributed by atoms with Crippen molar-refractivity contribution >= 4 is 17.7 Å². The van der Waals surface area contributed by atoms with Crippen LogP contribution < -0.4 is 10.6 Å². The van der Waals surface area contributed by atoms with Gasteiger partial charge in [-0.25, -0.2) is 14.1 Å². The third kappa shape index (κ3) is 1.97. The van der Waals surface area contributed by atoms with Crippen molar-refractivity contribution in [2.45, 2.75) is 13.8 Å². The predicted octanol–water partition coefficient (Wildman–Crippen LogP) is 0.713. The summed E-state index contributed by atoms with van der Waals surface area (Å²) < 4.78 is 8.83. The summed E-state index contributed by atoms with van der Waals surface area (Å²) in [4.78, 5) is 11.4. The lowest BCUT2D eigenvalue weighted by atomic mass is 10.5. The number of amides is 2. The van der Waals surface area contributed by atoms with Crippen LogP contribution in [-0.2, 0) is 0 Å². The second kappa shape index (κ2) is 3.96. The molecule has 0 spiro atoms. The Morgan fingerprint density at radius 2 is 1.38 bits per heavy atom. The lowest BCUT2D eigenvalue weighted by Crippen LogP contribution is -2.20. The van der Waals surface area contributed by atoms with Gasteiger partial charge in [-0.05, 0) is 24.2 Å². The highest BCUT2D eigenvalue weighted by Gasteiger charge is 2.12. The van der Waals surface area contributed by atoms with Crippen LogP contribution in [0.3, 0.4) is 0 Å². The number of nitrogens with one attached hydrogen (secondary N) is 2. The molecule has 0 fully saturated rings. The molecule has 16 heavy (non-hydrogen) atoms.